The van der Waals surface area contributed by atoms with E-state index in [1.165, 1.54) is 27.8 Å². The van der Waals surface area contributed by atoms with Crippen molar-refractivity contribution in [1.82, 2.24) is 9.88 Å². The quantitative estimate of drug-likeness (QED) is 0.701. The summed E-state index contributed by atoms with van der Waals surface area (Å²) in [7, 11) is 0. The Kier molecular flexibility index (Phi) is 3.84. The number of fused-ring (bicyclic) bond motifs is 2. The number of nitrogens with zero attached hydrogens (tertiary/aromatic N) is 2. The Hall–Kier alpha value is -2.19. The summed E-state index contributed by atoms with van der Waals surface area (Å²) < 4.78 is 0. The molecule has 2 heteroatoms. The second-order valence-electron chi connectivity index (χ2n) is 6.23. The molecule has 2 nitrogen and oxygen atoms in total. The second kappa shape index (κ2) is 6.13. The van der Waals surface area contributed by atoms with E-state index in [1.54, 1.807) is 0 Å². The number of aromatic nitrogens is 1. The Morgan fingerprint density at radius 3 is 2.48 bits per heavy atom. The number of hydrogen-bond acceptors (Lipinski definition) is 2. The zero-order valence-electron chi connectivity index (χ0n) is 13.6. The Morgan fingerprint density at radius 1 is 0.913 bits per heavy atom. The van der Waals surface area contributed by atoms with E-state index in [9.17, 15) is 0 Å². The van der Waals surface area contributed by atoms with Crippen molar-refractivity contribution in [3.8, 4) is 11.1 Å². The first kappa shape index (κ1) is 14.4. The third-order valence-electron chi connectivity index (χ3n) is 4.93. The first-order valence-electron chi connectivity index (χ1n) is 8.55. The van der Waals surface area contributed by atoms with Crippen LogP contribution in [0.1, 0.15) is 18.2 Å². The first-order valence-corrected chi connectivity index (χ1v) is 8.55. The lowest BCUT2D eigenvalue weighted by Crippen LogP contribution is -2.25. The van der Waals surface area contributed by atoms with Gasteiger partial charge in [-0.05, 0) is 35.7 Å². The van der Waals surface area contributed by atoms with Gasteiger partial charge in [0.1, 0.15) is 0 Å². The summed E-state index contributed by atoms with van der Waals surface area (Å²) in [5, 5.41) is 1.28. The van der Waals surface area contributed by atoms with Crippen molar-refractivity contribution in [1.29, 1.82) is 0 Å². The smallest absolute Gasteiger partial charge is 0.0711 e. The highest BCUT2D eigenvalue weighted by Crippen LogP contribution is 2.34. The summed E-state index contributed by atoms with van der Waals surface area (Å²) in [6.45, 7) is 5.61. The van der Waals surface area contributed by atoms with E-state index >= 15 is 0 Å². The van der Waals surface area contributed by atoms with Crippen LogP contribution in [0, 0.1) is 0 Å². The molecule has 0 atom stereocenters. The molecule has 0 aliphatic carbocycles. The molecule has 23 heavy (non-hydrogen) atoms. The van der Waals surface area contributed by atoms with Gasteiger partial charge in [-0.1, -0.05) is 55.5 Å². The fourth-order valence-corrected chi connectivity index (χ4v) is 3.67. The summed E-state index contributed by atoms with van der Waals surface area (Å²) in [5.74, 6) is 0. The number of para-hydroxylation sites is 1. The number of benzene rings is 2. The van der Waals surface area contributed by atoms with Crippen LogP contribution < -0.4 is 0 Å². The van der Waals surface area contributed by atoms with Gasteiger partial charge in [0.05, 0.1) is 5.52 Å². The number of pyridine rings is 1. The van der Waals surface area contributed by atoms with Crippen molar-refractivity contribution >= 4 is 10.9 Å². The first-order chi connectivity index (χ1) is 11.4. The van der Waals surface area contributed by atoms with Crippen LogP contribution in [0.4, 0.5) is 0 Å². The van der Waals surface area contributed by atoms with E-state index in [1.807, 2.05) is 0 Å². The van der Waals surface area contributed by atoms with Crippen LogP contribution in [0.15, 0.2) is 54.6 Å². The maximum absolute atomic E-state index is 5.00. The van der Waals surface area contributed by atoms with Gasteiger partial charge in [-0.25, -0.2) is 0 Å². The van der Waals surface area contributed by atoms with E-state index in [0.717, 1.165) is 38.0 Å². The molecule has 0 fully saturated rings. The van der Waals surface area contributed by atoms with Crippen molar-refractivity contribution in [3.63, 3.8) is 0 Å². The minimum atomic E-state index is 1.05. The van der Waals surface area contributed by atoms with E-state index < -0.39 is 0 Å². The Labute approximate surface area is 137 Å². The van der Waals surface area contributed by atoms with Gasteiger partial charge in [0, 0.05) is 30.6 Å². The Balaban J connectivity index is 1.97. The molecule has 0 amide bonds. The predicted molar refractivity (Wildman–Crippen MR) is 96.7 cm³/mol. The molecule has 0 spiro atoms. The van der Waals surface area contributed by atoms with Crippen LogP contribution in [0.25, 0.3) is 22.0 Å². The van der Waals surface area contributed by atoms with Gasteiger partial charge >= 0.3 is 0 Å². The van der Waals surface area contributed by atoms with E-state index in [2.05, 4.69) is 66.4 Å². The molecule has 0 N–H and O–H groups in total. The van der Waals surface area contributed by atoms with Crippen LogP contribution in [-0.4, -0.2) is 29.5 Å². The van der Waals surface area contributed by atoms with E-state index in [0.29, 0.717) is 0 Å². The number of rotatable bonds is 2. The number of likely N-dealkylation sites (N-methyl/N-ethyl adjacent to an activating group) is 1. The molecule has 0 saturated heterocycles. The molecule has 3 aromatic rings. The van der Waals surface area contributed by atoms with Gasteiger partial charge in [-0.2, -0.15) is 0 Å². The molecular weight excluding hydrogens is 280 g/mol. The van der Waals surface area contributed by atoms with Gasteiger partial charge in [-0.3, -0.25) is 4.98 Å². The van der Waals surface area contributed by atoms with Gasteiger partial charge in [-0.15, -0.1) is 0 Å². The van der Waals surface area contributed by atoms with Crippen LogP contribution in [0.2, 0.25) is 0 Å². The molecule has 2 aromatic carbocycles. The van der Waals surface area contributed by atoms with Gasteiger partial charge < -0.3 is 4.90 Å². The van der Waals surface area contributed by atoms with Crippen molar-refractivity contribution in [3.05, 3.63) is 65.9 Å². The Morgan fingerprint density at radius 2 is 1.65 bits per heavy atom. The molecule has 0 unspecified atom stereocenters. The third kappa shape index (κ3) is 2.64. The SMILES string of the molecule is CCN1CCc2nc3ccccc3c(-c3ccccc3)c2CC1. The zero-order chi connectivity index (χ0) is 15.6. The van der Waals surface area contributed by atoms with Crippen LogP contribution in [0.5, 0.6) is 0 Å². The average molecular weight is 302 g/mol. The topological polar surface area (TPSA) is 16.1 Å². The monoisotopic (exact) mass is 302 g/mol. The molecule has 2 heterocycles. The Bertz CT molecular complexity index is 824. The fraction of sp³-hybridized carbons (Fsp3) is 0.286. The lowest BCUT2D eigenvalue weighted by atomic mass is 9.92. The fourth-order valence-electron chi connectivity index (χ4n) is 3.67. The molecule has 0 bridgehead atoms. The molecule has 116 valence electrons. The van der Waals surface area contributed by atoms with Gasteiger partial charge in [0.15, 0.2) is 0 Å². The number of hydrogen-bond donors (Lipinski definition) is 0. The lowest BCUT2D eigenvalue weighted by Gasteiger charge is -2.17. The summed E-state index contributed by atoms with van der Waals surface area (Å²) in [4.78, 5) is 7.53. The molecule has 0 radical (unpaired) electrons. The summed E-state index contributed by atoms with van der Waals surface area (Å²) in [5.41, 5.74) is 6.57. The normalized spacial score (nSPS) is 15.3. The largest absolute Gasteiger partial charge is 0.303 e. The van der Waals surface area contributed by atoms with E-state index in [-0.39, 0.29) is 0 Å². The molecule has 4 rings (SSSR count). The second-order valence-corrected chi connectivity index (χ2v) is 6.23. The maximum Gasteiger partial charge on any atom is 0.0711 e. The molecule has 0 saturated carbocycles. The summed E-state index contributed by atoms with van der Waals surface area (Å²) >= 11 is 0. The van der Waals surface area contributed by atoms with Crippen LogP contribution >= 0.6 is 0 Å². The maximum atomic E-state index is 5.00. The molecule has 1 aliphatic rings. The highest BCUT2D eigenvalue weighted by atomic mass is 15.1. The molecular formula is C21H22N2. The molecule has 1 aromatic heterocycles. The zero-order valence-corrected chi connectivity index (χ0v) is 13.6. The highest BCUT2D eigenvalue weighted by molar-refractivity contribution is 5.96. The summed E-state index contributed by atoms with van der Waals surface area (Å²) in [6, 6.07) is 19.4. The van der Waals surface area contributed by atoms with Crippen LogP contribution in [0.3, 0.4) is 0 Å². The predicted octanol–water partition coefficient (Wildman–Crippen LogP) is 4.32. The van der Waals surface area contributed by atoms with Gasteiger partial charge in [0.25, 0.3) is 0 Å². The highest BCUT2D eigenvalue weighted by Gasteiger charge is 2.20. The van der Waals surface area contributed by atoms with Gasteiger partial charge in [0.2, 0.25) is 0 Å². The van der Waals surface area contributed by atoms with Crippen molar-refractivity contribution in [2.24, 2.45) is 0 Å². The van der Waals surface area contributed by atoms with Crippen LogP contribution in [-0.2, 0) is 12.8 Å². The minimum absolute atomic E-state index is 1.05. The van der Waals surface area contributed by atoms with Crippen molar-refractivity contribution < 1.29 is 0 Å². The molecule has 1 aliphatic heterocycles. The summed E-state index contributed by atoms with van der Waals surface area (Å²) in [6.07, 6.45) is 2.14. The minimum Gasteiger partial charge on any atom is -0.303 e. The lowest BCUT2D eigenvalue weighted by molar-refractivity contribution is 0.303. The average Bonchev–Trinajstić information content (AvgIpc) is 2.82. The van der Waals surface area contributed by atoms with E-state index in [4.69, 9.17) is 4.98 Å². The van der Waals surface area contributed by atoms with Crippen molar-refractivity contribution in [2.45, 2.75) is 19.8 Å². The third-order valence-corrected chi connectivity index (χ3v) is 4.93. The standard InChI is InChI=1S/C21H22N2/c1-2-23-14-12-18-20(13-15-23)22-19-11-7-6-10-17(19)21(18)16-8-4-3-5-9-16/h3-11H,2,12-15H2,1H3. The van der Waals surface area contributed by atoms with Crippen molar-refractivity contribution in [2.75, 3.05) is 19.6 Å².